The van der Waals surface area contributed by atoms with Crippen molar-refractivity contribution in [1.29, 1.82) is 0 Å². The molecule has 0 amide bonds. The van der Waals surface area contributed by atoms with Crippen LogP contribution in [0.25, 0.3) is 0 Å². The van der Waals surface area contributed by atoms with Crippen LogP contribution in [0, 0.1) is 0 Å². The first kappa shape index (κ1) is 8.96. The minimum absolute atomic E-state index is 0.711. The van der Waals surface area contributed by atoms with Crippen LogP contribution in [0.5, 0.6) is 0 Å². The molecule has 2 aromatic rings. The average Bonchev–Trinajstić information content (AvgIpc) is 2.63. The molecular formula is C7H6Br2N4. The van der Waals surface area contributed by atoms with Gasteiger partial charge in [-0.2, -0.15) is 10.2 Å². The zero-order valence-electron chi connectivity index (χ0n) is 6.54. The van der Waals surface area contributed by atoms with E-state index in [9.17, 15) is 0 Å². The molecule has 68 valence electrons. The van der Waals surface area contributed by atoms with Crippen molar-refractivity contribution < 1.29 is 0 Å². The van der Waals surface area contributed by atoms with Crippen molar-refractivity contribution in [1.82, 2.24) is 20.0 Å². The summed E-state index contributed by atoms with van der Waals surface area (Å²) in [5.41, 5.74) is 1.09. The minimum Gasteiger partial charge on any atom is -0.285 e. The second-order valence-corrected chi connectivity index (χ2v) is 4.18. The van der Waals surface area contributed by atoms with Gasteiger partial charge < -0.3 is 0 Å². The van der Waals surface area contributed by atoms with Crippen LogP contribution in [0.2, 0.25) is 0 Å². The Labute approximate surface area is 91.6 Å². The molecule has 2 heterocycles. The fourth-order valence-corrected chi connectivity index (χ4v) is 2.15. The fraction of sp³-hybridized carbons (Fsp3) is 0.143. The maximum Gasteiger partial charge on any atom is 0.129 e. The number of nitrogens with one attached hydrogen (secondary N) is 1. The van der Waals surface area contributed by atoms with Crippen LogP contribution in [0.1, 0.15) is 5.56 Å². The van der Waals surface area contributed by atoms with Crippen molar-refractivity contribution in [3.05, 3.63) is 33.2 Å². The zero-order valence-corrected chi connectivity index (χ0v) is 9.71. The third-order valence-corrected chi connectivity index (χ3v) is 2.61. The second-order valence-electron chi connectivity index (χ2n) is 2.55. The molecule has 4 nitrogen and oxygen atoms in total. The van der Waals surface area contributed by atoms with Gasteiger partial charge in [-0.1, -0.05) is 0 Å². The summed E-state index contributed by atoms with van der Waals surface area (Å²) in [7, 11) is 0. The van der Waals surface area contributed by atoms with Crippen molar-refractivity contribution in [3.8, 4) is 0 Å². The van der Waals surface area contributed by atoms with Gasteiger partial charge in [0, 0.05) is 17.8 Å². The highest BCUT2D eigenvalue weighted by Crippen LogP contribution is 2.17. The van der Waals surface area contributed by atoms with Crippen LogP contribution in [-0.2, 0) is 6.54 Å². The Balaban J connectivity index is 2.23. The molecule has 0 spiro atoms. The molecule has 0 bridgehead atoms. The summed E-state index contributed by atoms with van der Waals surface area (Å²) in [5.74, 6) is 0. The molecule has 0 radical (unpaired) electrons. The van der Waals surface area contributed by atoms with Crippen molar-refractivity contribution >= 4 is 31.9 Å². The quantitative estimate of drug-likeness (QED) is 0.924. The lowest BCUT2D eigenvalue weighted by molar-refractivity contribution is 0.667. The first-order chi connectivity index (χ1) is 6.25. The van der Waals surface area contributed by atoms with E-state index in [-0.39, 0.29) is 0 Å². The molecular weight excluding hydrogens is 300 g/mol. The molecule has 0 unspecified atom stereocenters. The third kappa shape index (κ3) is 2.00. The summed E-state index contributed by atoms with van der Waals surface area (Å²) in [6.45, 7) is 0.711. The first-order valence-corrected chi connectivity index (χ1v) is 5.21. The van der Waals surface area contributed by atoms with Gasteiger partial charge in [0.25, 0.3) is 0 Å². The van der Waals surface area contributed by atoms with Gasteiger partial charge in [-0.25, -0.2) is 0 Å². The Kier molecular flexibility index (Phi) is 2.50. The maximum atomic E-state index is 4.23. The molecule has 0 aromatic carbocycles. The third-order valence-electron chi connectivity index (χ3n) is 1.59. The van der Waals surface area contributed by atoms with E-state index in [0.29, 0.717) is 6.54 Å². The molecule has 0 aliphatic rings. The highest BCUT2D eigenvalue weighted by Gasteiger charge is 2.03. The minimum atomic E-state index is 0.711. The van der Waals surface area contributed by atoms with Gasteiger partial charge in [0.15, 0.2) is 0 Å². The lowest BCUT2D eigenvalue weighted by Crippen LogP contribution is -2.00. The first-order valence-electron chi connectivity index (χ1n) is 3.62. The molecule has 0 fully saturated rings. The van der Waals surface area contributed by atoms with Crippen LogP contribution in [0.3, 0.4) is 0 Å². The standard InChI is InChI=1S/C7H6Br2N4/c8-6-1-7(9)13(12-6)4-5-2-10-11-3-5/h1-3H,4H2,(H,10,11). The van der Waals surface area contributed by atoms with E-state index in [1.165, 1.54) is 0 Å². The van der Waals surface area contributed by atoms with Gasteiger partial charge in [0.2, 0.25) is 0 Å². The summed E-state index contributed by atoms with van der Waals surface area (Å²) in [6.07, 6.45) is 3.63. The number of halogens is 2. The molecule has 0 atom stereocenters. The number of hydrogen-bond acceptors (Lipinski definition) is 2. The highest BCUT2D eigenvalue weighted by atomic mass is 79.9. The largest absolute Gasteiger partial charge is 0.285 e. The summed E-state index contributed by atoms with van der Waals surface area (Å²) < 4.78 is 3.61. The Morgan fingerprint density at radius 2 is 2.31 bits per heavy atom. The van der Waals surface area contributed by atoms with Gasteiger partial charge in [0.1, 0.15) is 9.21 Å². The second kappa shape index (κ2) is 3.63. The molecule has 1 N–H and O–H groups in total. The van der Waals surface area contributed by atoms with Crippen molar-refractivity contribution in [3.63, 3.8) is 0 Å². The Morgan fingerprint density at radius 3 is 2.85 bits per heavy atom. The van der Waals surface area contributed by atoms with Gasteiger partial charge >= 0.3 is 0 Å². The molecule has 0 saturated heterocycles. The lowest BCUT2D eigenvalue weighted by Gasteiger charge is -1.98. The van der Waals surface area contributed by atoms with E-state index in [0.717, 1.165) is 14.8 Å². The summed E-state index contributed by atoms with van der Waals surface area (Å²) in [4.78, 5) is 0. The van der Waals surface area contributed by atoms with E-state index in [4.69, 9.17) is 0 Å². The summed E-state index contributed by atoms with van der Waals surface area (Å²) >= 11 is 6.70. The Morgan fingerprint density at radius 1 is 1.46 bits per heavy atom. The summed E-state index contributed by atoms with van der Waals surface area (Å²) in [5, 5.41) is 10.8. The van der Waals surface area contributed by atoms with Crippen molar-refractivity contribution in [2.45, 2.75) is 6.54 Å². The number of rotatable bonds is 2. The number of hydrogen-bond donors (Lipinski definition) is 1. The summed E-state index contributed by atoms with van der Waals surface area (Å²) in [6, 6.07) is 1.90. The molecule has 2 aromatic heterocycles. The molecule has 13 heavy (non-hydrogen) atoms. The van der Waals surface area contributed by atoms with E-state index in [1.807, 2.05) is 16.9 Å². The van der Waals surface area contributed by atoms with Crippen LogP contribution in [-0.4, -0.2) is 20.0 Å². The topological polar surface area (TPSA) is 46.5 Å². The molecule has 0 saturated carbocycles. The highest BCUT2D eigenvalue weighted by molar-refractivity contribution is 9.11. The van der Waals surface area contributed by atoms with Gasteiger partial charge in [-0.15, -0.1) is 0 Å². The predicted molar refractivity (Wildman–Crippen MR) is 55.3 cm³/mol. The van der Waals surface area contributed by atoms with E-state index >= 15 is 0 Å². The van der Waals surface area contributed by atoms with Crippen LogP contribution >= 0.6 is 31.9 Å². The Hall–Kier alpha value is -0.620. The van der Waals surface area contributed by atoms with Gasteiger partial charge in [-0.05, 0) is 31.9 Å². The van der Waals surface area contributed by atoms with E-state index < -0.39 is 0 Å². The van der Waals surface area contributed by atoms with Crippen molar-refractivity contribution in [2.24, 2.45) is 0 Å². The molecule has 0 aliphatic heterocycles. The van der Waals surface area contributed by atoms with Crippen LogP contribution < -0.4 is 0 Å². The molecule has 0 aliphatic carbocycles. The normalized spacial score (nSPS) is 10.6. The van der Waals surface area contributed by atoms with Crippen LogP contribution in [0.15, 0.2) is 27.7 Å². The van der Waals surface area contributed by atoms with Crippen LogP contribution in [0.4, 0.5) is 0 Å². The fourth-order valence-electron chi connectivity index (χ4n) is 1.01. The van der Waals surface area contributed by atoms with Crippen molar-refractivity contribution in [2.75, 3.05) is 0 Å². The van der Waals surface area contributed by atoms with E-state index in [1.54, 1.807) is 6.20 Å². The average molecular weight is 306 g/mol. The zero-order chi connectivity index (χ0) is 9.26. The van der Waals surface area contributed by atoms with E-state index in [2.05, 4.69) is 47.2 Å². The smallest absolute Gasteiger partial charge is 0.129 e. The SMILES string of the molecule is Brc1cc(Br)n(Cc2cn[nH]c2)n1. The Bertz CT molecular complexity index is 393. The van der Waals surface area contributed by atoms with Gasteiger partial charge in [-0.3, -0.25) is 9.78 Å². The maximum absolute atomic E-state index is 4.23. The number of aromatic amines is 1. The monoisotopic (exact) mass is 304 g/mol. The molecule has 6 heteroatoms. The predicted octanol–water partition coefficient (Wildman–Crippen LogP) is 2.18. The lowest BCUT2D eigenvalue weighted by atomic mass is 10.4. The number of H-pyrrole nitrogens is 1. The number of aromatic nitrogens is 4. The van der Waals surface area contributed by atoms with Gasteiger partial charge in [0.05, 0.1) is 12.7 Å². The number of nitrogens with zero attached hydrogens (tertiary/aromatic N) is 3. The molecule has 2 rings (SSSR count).